The maximum Gasteiger partial charge on any atom is 0.0514 e. The lowest BCUT2D eigenvalue weighted by molar-refractivity contribution is 0.138. The number of ether oxygens (including phenoxy) is 1. The SMILES string of the molecule is COCC1CNCCN(C)C1.Cl. The second kappa shape index (κ2) is 6.66. The first-order valence-electron chi connectivity index (χ1n) is 4.21. The molecule has 0 aromatic carbocycles. The van der Waals surface area contributed by atoms with Gasteiger partial charge in [-0.2, -0.15) is 0 Å². The van der Waals surface area contributed by atoms with Gasteiger partial charge in [0.1, 0.15) is 0 Å². The Morgan fingerprint density at radius 1 is 1.58 bits per heavy atom. The van der Waals surface area contributed by atoms with Gasteiger partial charge in [-0.25, -0.2) is 0 Å². The number of likely N-dealkylation sites (N-methyl/N-ethyl adjacent to an activating group) is 1. The number of hydrogen-bond donors (Lipinski definition) is 1. The predicted molar refractivity (Wildman–Crippen MR) is 53.0 cm³/mol. The lowest BCUT2D eigenvalue weighted by Gasteiger charge is -2.18. The standard InChI is InChI=1S/C8H18N2O.ClH/c1-10-4-3-9-5-8(6-10)7-11-2;/h8-9H,3-7H2,1-2H3;1H. The zero-order valence-electron chi connectivity index (χ0n) is 7.88. The normalized spacial score (nSPS) is 26.0. The first-order valence-corrected chi connectivity index (χ1v) is 4.21. The topological polar surface area (TPSA) is 24.5 Å². The van der Waals surface area contributed by atoms with Crippen molar-refractivity contribution in [2.24, 2.45) is 5.92 Å². The van der Waals surface area contributed by atoms with E-state index in [1.54, 1.807) is 7.11 Å². The summed E-state index contributed by atoms with van der Waals surface area (Å²) >= 11 is 0. The molecule has 1 saturated heterocycles. The minimum absolute atomic E-state index is 0. The smallest absolute Gasteiger partial charge is 0.0514 e. The van der Waals surface area contributed by atoms with Gasteiger partial charge in [0.2, 0.25) is 0 Å². The van der Waals surface area contributed by atoms with E-state index in [1.165, 1.54) is 0 Å². The average Bonchev–Trinajstić information content (AvgIpc) is 2.15. The Balaban J connectivity index is 0.00000121. The maximum atomic E-state index is 5.12. The van der Waals surface area contributed by atoms with Gasteiger partial charge in [0.05, 0.1) is 6.61 Å². The van der Waals surface area contributed by atoms with Crippen molar-refractivity contribution in [3.05, 3.63) is 0 Å². The Hall–Kier alpha value is 0.170. The molecule has 0 aromatic rings. The van der Waals surface area contributed by atoms with Crippen LogP contribution in [-0.4, -0.2) is 51.8 Å². The molecular weight excluding hydrogens is 176 g/mol. The molecule has 1 heterocycles. The van der Waals surface area contributed by atoms with Crippen molar-refractivity contribution in [2.45, 2.75) is 0 Å². The highest BCUT2D eigenvalue weighted by atomic mass is 35.5. The second-order valence-electron chi connectivity index (χ2n) is 3.29. The summed E-state index contributed by atoms with van der Waals surface area (Å²) in [6.45, 7) is 5.38. The molecule has 0 amide bonds. The van der Waals surface area contributed by atoms with Crippen molar-refractivity contribution in [3.8, 4) is 0 Å². The van der Waals surface area contributed by atoms with E-state index >= 15 is 0 Å². The molecule has 12 heavy (non-hydrogen) atoms. The van der Waals surface area contributed by atoms with Gasteiger partial charge in [-0.3, -0.25) is 0 Å². The molecule has 1 aliphatic rings. The van der Waals surface area contributed by atoms with E-state index in [4.69, 9.17) is 4.74 Å². The third-order valence-corrected chi connectivity index (χ3v) is 2.08. The minimum atomic E-state index is 0. The first-order chi connectivity index (χ1) is 5.33. The fourth-order valence-corrected chi connectivity index (χ4v) is 1.52. The molecule has 0 saturated carbocycles. The van der Waals surface area contributed by atoms with Crippen molar-refractivity contribution in [3.63, 3.8) is 0 Å². The van der Waals surface area contributed by atoms with Crippen molar-refractivity contribution in [2.75, 3.05) is 46.9 Å². The number of hydrogen-bond acceptors (Lipinski definition) is 3. The molecule has 74 valence electrons. The summed E-state index contributed by atoms with van der Waals surface area (Å²) in [5.41, 5.74) is 0. The van der Waals surface area contributed by atoms with Crippen molar-refractivity contribution >= 4 is 12.4 Å². The van der Waals surface area contributed by atoms with E-state index in [2.05, 4.69) is 17.3 Å². The van der Waals surface area contributed by atoms with E-state index in [-0.39, 0.29) is 12.4 Å². The summed E-state index contributed by atoms with van der Waals surface area (Å²) in [5.74, 6) is 0.660. The van der Waals surface area contributed by atoms with Crippen LogP contribution in [-0.2, 0) is 4.74 Å². The van der Waals surface area contributed by atoms with Gasteiger partial charge in [-0.05, 0) is 7.05 Å². The molecule has 1 unspecified atom stereocenters. The second-order valence-corrected chi connectivity index (χ2v) is 3.29. The van der Waals surface area contributed by atoms with Gasteiger partial charge in [-0.1, -0.05) is 0 Å². The molecule has 0 bridgehead atoms. The number of halogens is 1. The van der Waals surface area contributed by atoms with Crippen molar-refractivity contribution in [1.82, 2.24) is 10.2 Å². The van der Waals surface area contributed by atoms with Crippen LogP contribution in [0.25, 0.3) is 0 Å². The van der Waals surface area contributed by atoms with E-state index in [0.717, 1.165) is 32.8 Å². The van der Waals surface area contributed by atoms with Crippen LogP contribution in [0.3, 0.4) is 0 Å². The molecule has 0 aromatic heterocycles. The molecular formula is C8H19ClN2O. The van der Waals surface area contributed by atoms with Crippen molar-refractivity contribution < 1.29 is 4.74 Å². The summed E-state index contributed by atoms with van der Waals surface area (Å²) < 4.78 is 5.12. The third kappa shape index (κ3) is 4.26. The van der Waals surface area contributed by atoms with Gasteiger partial charge >= 0.3 is 0 Å². The lowest BCUT2D eigenvalue weighted by atomic mass is 10.1. The molecule has 0 radical (unpaired) electrons. The van der Waals surface area contributed by atoms with E-state index in [9.17, 15) is 0 Å². The molecule has 0 aliphatic carbocycles. The number of nitrogens with zero attached hydrogens (tertiary/aromatic N) is 1. The fraction of sp³-hybridized carbons (Fsp3) is 1.00. The third-order valence-electron chi connectivity index (χ3n) is 2.08. The molecule has 1 atom stereocenters. The van der Waals surface area contributed by atoms with Crippen LogP contribution in [0.2, 0.25) is 0 Å². The Morgan fingerprint density at radius 3 is 3.00 bits per heavy atom. The Kier molecular flexibility index (Phi) is 6.76. The van der Waals surface area contributed by atoms with Gasteiger partial charge < -0.3 is 15.0 Å². The number of nitrogens with one attached hydrogen (secondary N) is 1. The zero-order valence-corrected chi connectivity index (χ0v) is 8.69. The van der Waals surface area contributed by atoms with Crippen LogP contribution in [0.15, 0.2) is 0 Å². The van der Waals surface area contributed by atoms with E-state index < -0.39 is 0 Å². The molecule has 4 heteroatoms. The summed E-state index contributed by atoms with van der Waals surface area (Å²) in [4.78, 5) is 2.35. The molecule has 3 nitrogen and oxygen atoms in total. The Morgan fingerprint density at radius 2 is 2.33 bits per heavy atom. The van der Waals surface area contributed by atoms with Gasteiger partial charge in [0.25, 0.3) is 0 Å². The fourth-order valence-electron chi connectivity index (χ4n) is 1.52. The van der Waals surface area contributed by atoms with Crippen LogP contribution in [0.5, 0.6) is 0 Å². The molecule has 0 spiro atoms. The highest BCUT2D eigenvalue weighted by Gasteiger charge is 2.14. The predicted octanol–water partition coefficient (Wildman–Crippen LogP) is 0.206. The van der Waals surface area contributed by atoms with Crippen LogP contribution < -0.4 is 5.32 Å². The summed E-state index contributed by atoms with van der Waals surface area (Å²) in [5, 5.41) is 3.39. The van der Waals surface area contributed by atoms with Gasteiger partial charge in [0.15, 0.2) is 0 Å². The van der Waals surface area contributed by atoms with Crippen LogP contribution in [0.4, 0.5) is 0 Å². The van der Waals surface area contributed by atoms with Gasteiger partial charge in [-0.15, -0.1) is 12.4 Å². The Labute approximate surface area is 80.9 Å². The van der Waals surface area contributed by atoms with Crippen LogP contribution >= 0.6 is 12.4 Å². The summed E-state index contributed by atoms with van der Waals surface area (Å²) in [7, 11) is 3.93. The number of rotatable bonds is 2. The molecule has 1 aliphatic heterocycles. The van der Waals surface area contributed by atoms with E-state index in [0.29, 0.717) is 5.92 Å². The largest absolute Gasteiger partial charge is 0.384 e. The maximum absolute atomic E-state index is 5.12. The van der Waals surface area contributed by atoms with Gasteiger partial charge in [0, 0.05) is 39.2 Å². The van der Waals surface area contributed by atoms with Crippen LogP contribution in [0.1, 0.15) is 0 Å². The molecule has 1 N–H and O–H groups in total. The monoisotopic (exact) mass is 194 g/mol. The van der Waals surface area contributed by atoms with Crippen molar-refractivity contribution in [1.29, 1.82) is 0 Å². The molecule has 1 rings (SSSR count). The van der Waals surface area contributed by atoms with Crippen LogP contribution in [0, 0.1) is 5.92 Å². The minimum Gasteiger partial charge on any atom is -0.384 e. The zero-order chi connectivity index (χ0) is 8.10. The quantitative estimate of drug-likeness (QED) is 0.680. The number of methoxy groups -OCH3 is 1. The van der Waals surface area contributed by atoms with E-state index in [1.807, 2.05) is 0 Å². The summed E-state index contributed by atoms with van der Waals surface area (Å²) in [6.07, 6.45) is 0. The Bertz CT molecular complexity index is 113. The lowest BCUT2D eigenvalue weighted by Crippen LogP contribution is -2.28. The molecule has 1 fully saturated rings. The highest BCUT2D eigenvalue weighted by molar-refractivity contribution is 5.85. The summed E-state index contributed by atoms with van der Waals surface area (Å²) in [6, 6.07) is 0. The average molecular weight is 195 g/mol. The highest BCUT2D eigenvalue weighted by Crippen LogP contribution is 2.01. The first kappa shape index (κ1) is 12.2.